The minimum Gasteiger partial charge on any atom is -0.454 e. The summed E-state index contributed by atoms with van der Waals surface area (Å²) in [5.41, 5.74) is 0.987. The van der Waals surface area contributed by atoms with Gasteiger partial charge in [-0.15, -0.1) is 0 Å². The fraction of sp³-hybridized carbons (Fsp3) is 0.143. The van der Waals surface area contributed by atoms with Gasteiger partial charge < -0.3 is 14.8 Å². The normalized spacial score (nSPS) is 12.6. The average molecular weight is 377 g/mol. The first kappa shape index (κ1) is 14.4. The third-order valence-electron chi connectivity index (χ3n) is 2.98. The molecule has 0 saturated heterocycles. The minimum atomic E-state index is -0.664. The average Bonchev–Trinajstić information content (AvgIpc) is 2.90. The van der Waals surface area contributed by atoms with Crippen molar-refractivity contribution in [3.05, 3.63) is 51.0 Å². The van der Waals surface area contributed by atoms with Crippen molar-refractivity contribution in [3.8, 4) is 11.5 Å². The molecule has 1 heterocycles. The van der Waals surface area contributed by atoms with Gasteiger partial charge in [0.15, 0.2) is 11.5 Å². The van der Waals surface area contributed by atoms with Crippen LogP contribution in [0.15, 0.2) is 28.7 Å². The van der Waals surface area contributed by atoms with Gasteiger partial charge in [0.25, 0.3) is 0 Å². The molecule has 0 fully saturated rings. The summed E-state index contributed by atoms with van der Waals surface area (Å²) in [6.45, 7) is 0.441. The second-order valence-electron chi connectivity index (χ2n) is 4.41. The van der Waals surface area contributed by atoms with Crippen LogP contribution in [0.2, 0.25) is 5.02 Å². The van der Waals surface area contributed by atoms with E-state index in [-0.39, 0.29) is 17.0 Å². The van der Waals surface area contributed by atoms with Crippen LogP contribution >= 0.6 is 27.5 Å². The van der Waals surface area contributed by atoms with Crippen molar-refractivity contribution in [2.45, 2.75) is 6.54 Å². The Hall–Kier alpha value is -1.53. The van der Waals surface area contributed by atoms with Crippen molar-refractivity contribution in [3.63, 3.8) is 0 Å². The second kappa shape index (κ2) is 5.69. The highest BCUT2D eigenvalue weighted by Gasteiger charge is 2.18. The van der Waals surface area contributed by atoms with Gasteiger partial charge in [0.1, 0.15) is 11.6 Å². The Morgan fingerprint density at radius 3 is 2.76 bits per heavy atom. The predicted molar refractivity (Wildman–Crippen MR) is 79.0 cm³/mol. The molecule has 0 bridgehead atoms. The fourth-order valence-electron chi connectivity index (χ4n) is 1.98. The van der Waals surface area contributed by atoms with E-state index in [9.17, 15) is 8.78 Å². The molecule has 2 aromatic carbocycles. The van der Waals surface area contributed by atoms with Gasteiger partial charge in [0.2, 0.25) is 6.79 Å². The summed E-state index contributed by atoms with van der Waals surface area (Å²) in [5.74, 6) is -0.247. The molecule has 7 heteroatoms. The number of anilines is 1. The summed E-state index contributed by atoms with van der Waals surface area (Å²) < 4.78 is 37.5. The second-order valence-corrected chi connectivity index (χ2v) is 5.67. The van der Waals surface area contributed by atoms with Crippen molar-refractivity contribution in [2.75, 3.05) is 12.1 Å². The summed E-state index contributed by atoms with van der Waals surface area (Å²) in [5, 5.41) is 3.32. The van der Waals surface area contributed by atoms with Gasteiger partial charge in [-0.1, -0.05) is 11.6 Å². The Morgan fingerprint density at radius 2 is 1.95 bits per heavy atom. The van der Waals surface area contributed by atoms with Gasteiger partial charge in [-0.3, -0.25) is 0 Å². The van der Waals surface area contributed by atoms with Gasteiger partial charge in [-0.25, -0.2) is 8.78 Å². The molecule has 21 heavy (non-hydrogen) atoms. The molecule has 0 aromatic heterocycles. The van der Waals surface area contributed by atoms with Gasteiger partial charge >= 0.3 is 0 Å². The summed E-state index contributed by atoms with van der Waals surface area (Å²) in [7, 11) is 0. The molecular formula is C14H9BrClF2NO2. The van der Waals surface area contributed by atoms with Crippen LogP contribution in [0.25, 0.3) is 0 Å². The zero-order chi connectivity index (χ0) is 15.0. The SMILES string of the molecule is Fc1cc(F)c(NCc2cc(Cl)c3c(c2)OCO3)cc1Br. The van der Waals surface area contributed by atoms with Crippen molar-refractivity contribution in [2.24, 2.45) is 0 Å². The van der Waals surface area contributed by atoms with E-state index < -0.39 is 11.6 Å². The Morgan fingerprint density at radius 1 is 1.14 bits per heavy atom. The van der Waals surface area contributed by atoms with E-state index in [0.717, 1.165) is 11.6 Å². The largest absolute Gasteiger partial charge is 0.454 e. The first-order chi connectivity index (χ1) is 10.0. The first-order valence-corrected chi connectivity index (χ1v) is 7.18. The lowest BCUT2D eigenvalue weighted by atomic mass is 10.2. The molecule has 0 aliphatic carbocycles. The molecule has 0 amide bonds. The third kappa shape index (κ3) is 2.91. The molecule has 0 radical (unpaired) electrons. The van der Waals surface area contributed by atoms with Crippen molar-refractivity contribution >= 4 is 33.2 Å². The molecular weight excluding hydrogens is 368 g/mol. The molecule has 1 aliphatic rings. The highest BCUT2D eigenvalue weighted by Crippen LogP contribution is 2.40. The summed E-state index contributed by atoms with van der Waals surface area (Å²) in [6.07, 6.45) is 0. The number of benzene rings is 2. The van der Waals surface area contributed by atoms with E-state index in [1.54, 1.807) is 12.1 Å². The summed E-state index contributed by atoms with van der Waals surface area (Å²) in [4.78, 5) is 0. The Labute approximate surface area is 132 Å². The van der Waals surface area contributed by atoms with E-state index >= 15 is 0 Å². The van der Waals surface area contributed by atoms with E-state index in [2.05, 4.69) is 21.2 Å². The minimum absolute atomic E-state index is 0.130. The predicted octanol–water partition coefficient (Wildman–Crippen LogP) is 4.72. The van der Waals surface area contributed by atoms with Crippen molar-refractivity contribution in [1.29, 1.82) is 0 Å². The number of hydrogen-bond donors (Lipinski definition) is 1. The van der Waals surface area contributed by atoms with Crippen LogP contribution in [0.5, 0.6) is 11.5 Å². The van der Waals surface area contributed by atoms with E-state index in [1.807, 2.05) is 0 Å². The lowest BCUT2D eigenvalue weighted by Crippen LogP contribution is -2.02. The Balaban J connectivity index is 1.79. The molecule has 0 atom stereocenters. The van der Waals surface area contributed by atoms with Gasteiger partial charge in [-0.05, 0) is 39.7 Å². The lowest BCUT2D eigenvalue weighted by molar-refractivity contribution is 0.174. The number of hydrogen-bond acceptors (Lipinski definition) is 3. The van der Waals surface area contributed by atoms with E-state index in [4.69, 9.17) is 21.1 Å². The number of nitrogens with one attached hydrogen (secondary N) is 1. The highest BCUT2D eigenvalue weighted by molar-refractivity contribution is 9.10. The molecule has 1 N–H and O–H groups in total. The molecule has 1 aliphatic heterocycles. The number of halogens is 4. The Kier molecular flexibility index (Phi) is 3.91. The summed E-state index contributed by atoms with van der Waals surface area (Å²) in [6, 6.07) is 5.63. The molecule has 0 spiro atoms. The third-order valence-corrected chi connectivity index (χ3v) is 3.87. The van der Waals surface area contributed by atoms with Gasteiger partial charge in [0.05, 0.1) is 15.2 Å². The van der Waals surface area contributed by atoms with Crippen LogP contribution in [0.1, 0.15) is 5.56 Å². The molecule has 3 rings (SSSR count). The monoisotopic (exact) mass is 375 g/mol. The summed E-state index contributed by atoms with van der Waals surface area (Å²) >= 11 is 9.09. The van der Waals surface area contributed by atoms with Crippen LogP contribution in [0.4, 0.5) is 14.5 Å². The fourth-order valence-corrected chi connectivity index (χ4v) is 2.61. The van der Waals surface area contributed by atoms with Crippen LogP contribution in [-0.4, -0.2) is 6.79 Å². The smallest absolute Gasteiger partial charge is 0.231 e. The van der Waals surface area contributed by atoms with Crippen LogP contribution < -0.4 is 14.8 Å². The van der Waals surface area contributed by atoms with Gasteiger partial charge in [0, 0.05) is 12.6 Å². The number of fused-ring (bicyclic) bond motifs is 1. The quantitative estimate of drug-likeness (QED) is 0.786. The van der Waals surface area contributed by atoms with E-state index in [0.29, 0.717) is 23.1 Å². The van der Waals surface area contributed by atoms with Crippen LogP contribution in [-0.2, 0) is 6.54 Å². The molecule has 0 saturated carbocycles. The lowest BCUT2D eigenvalue weighted by Gasteiger charge is -2.10. The Bertz CT molecular complexity index is 712. The molecule has 0 unspecified atom stereocenters. The number of rotatable bonds is 3. The first-order valence-electron chi connectivity index (χ1n) is 6.01. The van der Waals surface area contributed by atoms with Crippen LogP contribution in [0, 0.1) is 11.6 Å². The standard InChI is InChI=1S/C14H9BrClF2NO2/c15-8-3-12(11(18)4-10(8)17)19-5-7-1-9(16)14-13(2-7)20-6-21-14/h1-4,19H,5-6H2. The van der Waals surface area contributed by atoms with Crippen LogP contribution in [0.3, 0.4) is 0 Å². The topological polar surface area (TPSA) is 30.5 Å². The maximum Gasteiger partial charge on any atom is 0.231 e. The number of ether oxygens (including phenoxy) is 2. The molecule has 3 nitrogen and oxygen atoms in total. The molecule has 2 aromatic rings. The molecule has 110 valence electrons. The van der Waals surface area contributed by atoms with Crippen molar-refractivity contribution in [1.82, 2.24) is 0 Å². The maximum absolute atomic E-state index is 13.6. The maximum atomic E-state index is 13.6. The van der Waals surface area contributed by atoms with Crippen molar-refractivity contribution < 1.29 is 18.3 Å². The highest BCUT2D eigenvalue weighted by atomic mass is 79.9. The zero-order valence-electron chi connectivity index (χ0n) is 10.6. The van der Waals surface area contributed by atoms with Gasteiger partial charge in [-0.2, -0.15) is 0 Å². The zero-order valence-corrected chi connectivity index (χ0v) is 12.9. The van der Waals surface area contributed by atoms with E-state index in [1.165, 1.54) is 6.07 Å².